The van der Waals surface area contributed by atoms with E-state index in [1.54, 1.807) is 0 Å². The Morgan fingerprint density at radius 2 is 2.35 bits per heavy atom. The van der Waals surface area contributed by atoms with E-state index in [0.29, 0.717) is 32.5 Å². The molecule has 0 aliphatic carbocycles. The molecule has 0 saturated carbocycles. The second-order valence-corrected chi connectivity index (χ2v) is 4.01. The Morgan fingerprint density at radius 3 is 2.88 bits per heavy atom. The number of carboxylic acid groups (broad SMARTS) is 1. The van der Waals surface area contributed by atoms with Crippen LogP contribution in [0.5, 0.6) is 0 Å². The van der Waals surface area contributed by atoms with Crippen LogP contribution in [0.1, 0.15) is 25.7 Å². The van der Waals surface area contributed by atoms with Gasteiger partial charge in [-0.25, -0.2) is 4.79 Å². The quantitative estimate of drug-likeness (QED) is 0.650. The van der Waals surface area contributed by atoms with Gasteiger partial charge in [-0.2, -0.15) is 5.26 Å². The van der Waals surface area contributed by atoms with Crippen LogP contribution in [0.3, 0.4) is 0 Å². The minimum absolute atomic E-state index is 0.243. The van der Waals surface area contributed by atoms with E-state index in [1.807, 2.05) is 6.07 Å². The van der Waals surface area contributed by atoms with E-state index >= 15 is 0 Å². The van der Waals surface area contributed by atoms with Gasteiger partial charge in [0, 0.05) is 13.0 Å². The maximum absolute atomic E-state index is 11.7. The number of unbranched alkanes of at least 4 members (excludes halogenated alkanes) is 1. The zero-order valence-electron chi connectivity index (χ0n) is 9.52. The van der Waals surface area contributed by atoms with Crippen LogP contribution < -0.4 is 5.32 Å². The van der Waals surface area contributed by atoms with Crippen LogP contribution in [0.15, 0.2) is 0 Å². The summed E-state index contributed by atoms with van der Waals surface area (Å²) in [5.74, 6) is -1.57. The topological polar surface area (TPSA) is 99.4 Å². The van der Waals surface area contributed by atoms with E-state index in [0.717, 1.165) is 0 Å². The van der Waals surface area contributed by atoms with Crippen LogP contribution in [-0.4, -0.2) is 36.2 Å². The SMILES string of the molecule is N#CCCC[C@@H](NC(=O)[C@H]1CCOC1)C(=O)O. The van der Waals surface area contributed by atoms with Gasteiger partial charge in [0.05, 0.1) is 18.6 Å². The third kappa shape index (κ3) is 4.41. The molecule has 0 radical (unpaired) electrons. The van der Waals surface area contributed by atoms with Crippen LogP contribution >= 0.6 is 0 Å². The lowest BCUT2D eigenvalue weighted by atomic mass is 10.1. The Kier molecular flexibility index (Phi) is 5.43. The Hall–Kier alpha value is -1.61. The van der Waals surface area contributed by atoms with Gasteiger partial charge in [0.25, 0.3) is 0 Å². The highest BCUT2D eigenvalue weighted by Crippen LogP contribution is 2.13. The van der Waals surface area contributed by atoms with E-state index < -0.39 is 12.0 Å². The molecule has 17 heavy (non-hydrogen) atoms. The lowest BCUT2D eigenvalue weighted by Gasteiger charge is -2.16. The minimum Gasteiger partial charge on any atom is -0.480 e. The van der Waals surface area contributed by atoms with Crippen molar-refractivity contribution in [1.29, 1.82) is 5.26 Å². The number of hydrogen-bond donors (Lipinski definition) is 2. The lowest BCUT2D eigenvalue weighted by molar-refractivity contribution is -0.142. The fourth-order valence-electron chi connectivity index (χ4n) is 1.67. The number of amides is 1. The predicted octanol–water partition coefficient (Wildman–Crippen LogP) is 0.286. The van der Waals surface area contributed by atoms with Gasteiger partial charge >= 0.3 is 5.97 Å². The smallest absolute Gasteiger partial charge is 0.326 e. The van der Waals surface area contributed by atoms with Crippen molar-refractivity contribution in [3.8, 4) is 6.07 Å². The molecule has 0 aromatic heterocycles. The molecule has 1 rings (SSSR count). The standard InChI is InChI=1S/C11H16N2O4/c12-5-2-1-3-9(11(15)16)13-10(14)8-4-6-17-7-8/h8-9H,1-4,6-7H2,(H,13,14)(H,15,16)/t8-,9+/m0/s1. The number of rotatable bonds is 6. The Morgan fingerprint density at radius 1 is 1.59 bits per heavy atom. The van der Waals surface area contributed by atoms with Crippen molar-refractivity contribution >= 4 is 11.9 Å². The van der Waals surface area contributed by atoms with Crippen molar-refractivity contribution in [3.63, 3.8) is 0 Å². The molecular formula is C11H16N2O4. The van der Waals surface area contributed by atoms with Crippen molar-refractivity contribution in [2.24, 2.45) is 5.92 Å². The summed E-state index contributed by atoms with van der Waals surface area (Å²) in [6.45, 7) is 0.903. The minimum atomic E-state index is -1.06. The van der Waals surface area contributed by atoms with Crippen LogP contribution in [0.25, 0.3) is 0 Å². The molecule has 2 atom stereocenters. The summed E-state index contributed by atoms with van der Waals surface area (Å²) in [5.41, 5.74) is 0. The number of carbonyl (C=O) groups is 2. The van der Waals surface area contributed by atoms with Gasteiger partial charge in [-0.3, -0.25) is 4.79 Å². The molecular weight excluding hydrogens is 224 g/mol. The fourth-order valence-corrected chi connectivity index (χ4v) is 1.67. The normalized spacial score (nSPS) is 20.5. The van der Waals surface area contributed by atoms with Gasteiger partial charge in [-0.1, -0.05) is 0 Å². The molecule has 1 saturated heterocycles. The first-order valence-corrected chi connectivity index (χ1v) is 5.63. The molecule has 6 nitrogen and oxygen atoms in total. The van der Waals surface area contributed by atoms with Gasteiger partial charge in [-0.15, -0.1) is 0 Å². The maximum atomic E-state index is 11.7. The third-order valence-electron chi connectivity index (χ3n) is 2.70. The first-order chi connectivity index (χ1) is 8.15. The molecule has 1 aliphatic rings. The number of ether oxygens (including phenoxy) is 1. The number of nitrogens with one attached hydrogen (secondary N) is 1. The summed E-state index contributed by atoms with van der Waals surface area (Å²) in [6, 6.07) is 1.04. The zero-order valence-corrected chi connectivity index (χ0v) is 9.52. The van der Waals surface area contributed by atoms with Crippen molar-refractivity contribution < 1.29 is 19.4 Å². The third-order valence-corrected chi connectivity index (χ3v) is 2.70. The van der Waals surface area contributed by atoms with E-state index in [1.165, 1.54) is 0 Å². The number of carbonyl (C=O) groups excluding carboxylic acids is 1. The van der Waals surface area contributed by atoms with Crippen molar-refractivity contribution in [1.82, 2.24) is 5.32 Å². The molecule has 2 N–H and O–H groups in total. The van der Waals surface area contributed by atoms with E-state index in [4.69, 9.17) is 15.1 Å². The van der Waals surface area contributed by atoms with Gasteiger partial charge in [0.15, 0.2) is 0 Å². The van der Waals surface area contributed by atoms with Gasteiger partial charge in [0.2, 0.25) is 5.91 Å². The van der Waals surface area contributed by atoms with Gasteiger partial charge in [0.1, 0.15) is 6.04 Å². The summed E-state index contributed by atoms with van der Waals surface area (Å²) in [4.78, 5) is 22.6. The summed E-state index contributed by atoms with van der Waals surface area (Å²) in [5, 5.41) is 19.8. The van der Waals surface area contributed by atoms with Crippen molar-refractivity contribution in [2.45, 2.75) is 31.7 Å². The summed E-state index contributed by atoms with van der Waals surface area (Å²) in [7, 11) is 0. The number of hydrogen-bond acceptors (Lipinski definition) is 4. The molecule has 6 heteroatoms. The molecule has 0 unspecified atom stereocenters. The molecule has 0 aromatic carbocycles. The van der Waals surface area contributed by atoms with Crippen LogP contribution in [0.2, 0.25) is 0 Å². The van der Waals surface area contributed by atoms with E-state index in [9.17, 15) is 9.59 Å². The molecule has 1 heterocycles. The monoisotopic (exact) mass is 240 g/mol. The lowest BCUT2D eigenvalue weighted by Crippen LogP contribution is -2.43. The van der Waals surface area contributed by atoms with Gasteiger partial charge in [-0.05, 0) is 19.3 Å². The Labute approximate surface area is 99.6 Å². The molecule has 0 spiro atoms. The summed E-state index contributed by atoms with van der Waals surface area (Å²) >= 11 is 0. The zero-order chi connectivity index (χ0) is 12.7. The predicted molar refractivity (Wildman–Crippen MR) is 58.0 cm³/mol. The van der Waals surface area contributed by atoms with E-state index in [2.05, 4.69) is 5.32 Å². The van der Waals surface area contributed by atoms with Crippen molar-refractivity contribution in [2.75, 3.05) is 13.2 Å². The highest BCUT2D eigenvalue weighted by Gasteiger charge is 2.27. The summed E-state index contributed by atoms with van der Waals surface area (Å²) < 4.78 is 5.07. The van der Waals surface area contributed by atoms with Crippen LogP contribution in [0, 0.1) is 17.2 Å². The Balaban J connectivity index is 2.40. The molecule has 1 aliphatic heterocycles. The van der Waals surface area contributed by atoms with Gasteiger partial charge < -0.3 is 15.2 Å². The maximum Gasteiger partial charge on any atom is 0.326 e. The van der Waals surface area contributed by atoms with Crippen LogP contribution in [0.4, 0.5) is 0 Å². The Bertz CT molecular complexity index is 318. The highest BCUT2D eigenvalue weighted by atomic mass is 16.5. The second-order valence-electron chi connectivity index (χ2n) is 4.01. The average Bonchev–Trinajstić information content (AvgIpc) is 2.81. The van der Waals surface area contributed by atoms with Crippen molar-refractivity contribution in [3.05, 3.63) is 0 Å². The molecule has 94 valence electrons. The first-order valence-electron chi connectivity index (χ1n) is 5.63. The molecule has 1 amide bonds. The number of nitrogens with zero attached hydrogens (tertiary/aromatic N) is 1. The first kappa shape index (κ1) is 13.5. The average molecular weight is 240 g/mol. The number of aliphatic carboxylic acids is 1. The highest BCUT2D eigenvalue weighted by molar-refractivity contribution is 5.85. The molecule has 0 aromatic rings. The molecule has 0 bridgehead atoms. The van der Waals surface area contributed by atoms with Crippen LogP contribution in [-0.2, 0) is 14.3 Å². The summed E-state index contributed by atoms with van der Waals surface area (Å²) in [6.07, 6.45) is 1.68. The number of carboxylic acids is 1. The second kappa shape index (κ2) is 6.86. The number of nitriles is 1. The largest absolute Gasteiger partial charge is 0.480 e. The van der Waals surface area contributed by atoms with E-state index in [-0.39, 0.29) is 18.2 Å². The fraction of sp³-hybridized carbons (Fsp3) is 0.727. The molecule has 1 fully saturated rings.